The Balaban J connectivity index is 3.01. The maximum absolute atomic E-state index is 10.7. The Morgan fingerprint density at radius 2 is 1.91 bits per heavy atom. The van der Waals surface area contributed by atoms with Crippen LogP contribution in [-0.2, 0) is 24.8 Å². The molecule has 60 valence electrons. The minimum Gasteiger partial charge on any atom is -0.497 e. The molecule has 1 rings (SSSR count). The van der Waals surface area contributed by atoms with Gasteiger partial charge >= 0.3 is 0 Å². The standard InChI is InChI=1S/C7H7O2S2/c1-9-6-2-4-7(5-3-6)11(8)10/h2-5H,1H3/q-1. The lowest BCUT2D eigenvalue weighted by Gasteiger charge is -2.02. The maximum Gasteiger partial charge on any atom is 0.118 e. The summed E-state index contributed by atoms with van der Waals surface area (Å²) in [7, 11) is 0.272. The summed E-state index contributed by atoms with van der Waals surface area (Å²) in [6, 6.07) is 6.86. The van der Waals surface area contributed by atoms with Gasteiger partial charge in [-0.1, -0.05) is 12.1 Å². The fourth-order valence-electron chi connectivity index (χ4n) is 0.687. The highest BCUT2D eigenvalue weighted by atomic mass is 32.8. The van der Waals surface area contributed by atoms with Crippen LogP contribution in [-0.4, -0.2) is 7.11 Å². The Kier molecular flexibility index (Phi) is 2.84. The Bertz CT molecular complexity index is 293. The van der Waals surface area contributed by atoms with Crippen LogP contribution < -0.4 is 4.74 Å². The van der Waals surface area contributed by atoms with Crippen molar-refractivity contribution in [1.29, 1.82) is 0 Å². The van der Waals surface area contributed by atoms with Gasteiger partial charge in [-0.25, -0.2) is 11.2 Å². The third-order valence-electron chi connectivity index (χ3n) is 1.25. The second kappa shape index (κ2) is 3.69. The van der Waals surface area contributed by atoms with Crippen LogP contribution in [0.15, 0.2) is 29.2 Å². The predicted molar refractivity (Wildman–Crippen MR) is 46.7 cm³/mol. The van der Waals surface area contributed by atoms with E-state index < -0.39 is 9.36 Å². The van der Waals surface area contributed by atoms with E-state index in [4.69, 9.17) is 4.74 Å². The SMILES string of the molecule is COc1ccc([S-](=O)=S)cc1. The summed E-state index contributed by atoms with van der Waals surface area (Å²) in [6.07, 6.45) is 0. The first kappa shape index (κ1) is 8.49. The Labute approximate surface area is 71.9 Å². The van der Waals surface area contributed by atoms with Crippen molar-refractivity contribution in [3.63, 3.8) is 0 Å². The van der Waals surface area contributed by atoms with Crippen LogP contribution in [0.2, 0.25) is 0 Å². The van der Waals surface area contributed by atoms with Crippen LogP contribution in [0.4, 0.5) is 0 Å². The summed E-state index contributed by atoms with van der Waals surface area (Å²) >= 11 is 4.56. The average Bonchev–Trinajstić information content (AvgIpc) is 2.05. The molecule has 0 aromatic heterocycles. The number of hydrogen-bond donors (Lipinski definition) is 0. The molecule has 0 heterocycles. The summed E-state index contributed by atoms with van der Waals surface area (Å²) < 4.78 is 15.6. The smallest absolute Gasteiger partial charge is 0.118 e. The molecule has 0 bridgehead atoms. The van der Waals surface area contributed by atoms with E-state index in [1.165, 1.54) is 0 Å². The molecule has 0 aliphatic carbocycles. The minimum absolute atomic E-state index is 0.640. The van der Waals surface area contributed by atoms with Crippen LogP contribution in [0.3, 0.4) is 0 Å². The molecule has 0 radical (unpaired) electrons. The van der Waals surface area contributed by atoms with Crippen molar-refractivity contribution in [3.05, 3.63) is 24.3 Å². The Morgan fingerprint density at radius 3 is 2.27 bits per heavy atom. The van der Waals surface area contributed by atoms with E-state index >= 15 is 0 Å². The van der Waals surface area contributed by atoms with Crippen molar-refractivity contribution >= 4 is 20.5 Å². The van der Waals surface area contributed by atoms with Crippen LogP contribution in [0, 0.1) is 0 Å². The lowest BCUT2D eigenvalue weighted by molar-refractivity contribution is 0.414. The second-order valence-electron chi connectivity index (χ2n) is 1.91. The van der Waals surface area contributed by atoms with E-state index in [1.54, 1.807) is 31.4 Å². The van der Waals surface area contributed by atoms with Crippen molar-refractivity contribution < 1.29 is 8.95 Å². The van der Waals surface area contributed by atoms with Crippen molar-refractivity contribution in [2.24, 2.45) is 0 Å². The Morgan fingerprint density at radius 1 is 1.36 bits per heavy atom. The number of ether oxygens (including phenoxy) is 1. The minimum atomic E-state index is -1.31. The van der Waals surface area contributed by atoms with Gasteiger partial charge < -0.3 is 8.95 Å². The van der Waals surface area contributed by atoms with Crippen molar-refractivity contribution in [2.75, 3.05) is 7.11 Å². The van der Waals surface area contributed by atoms with Crippen LogP contribution in [0.5, 0.6) is 5.75 Å². The Hall–Kier alpha value is -0.610. The third kappa shape index (κ3) is 2.17. The highest BCUT2D eigenvalue weighted by Gasteiger charge is 1.86. The zero-order valence-electron chi connectivity index (χ0n) is 5.94. The maximum atomic E-state index is 10.7. The quantitative estimate of drug-likeness (QED) is 0.656. The molecule has 1 aromatic carbocycles. The van der Waals surface area contributed by atoms with Gasteiger partial charge in [0.25, 0.3) is 0 Å². The van der Waals surface area contributed by atoms with Crippen molar-refractivity contribution in [3.8, 4) is 5.75 Å². The molecule has 4 heteroatoms. The molecule has 0 saturated carbocycles. The fourth-order valence-corrected chi connectivity index (χ4v) is 1.38. The molecule has 1 aromatic rings. The van der Waals surface area contributed by atoms with Crippen LogP contribution in [0.25, 0.3) is 0 Å². The highest BCUT2D eigenvalue weighted by molar-refractivity contribution is 8.21. The molecule has 0 aliphatic rings. The summed E-state index contributed by atoms with van der Waals surface area (Å²) in [5.74, 6) is 0.745. The van der Waals surface area contributed by atoms with Gasteiger partial charge in [-0.15, -0.1) is 4.90 Å². The normalized spacial score (nSPS) is 10.0. The molecule has 0 aliphatic heterocycles. The first-order valence-electron chi connectivity index (χ1n) is 2.97. The van der Waals surface area contributed by atoms with E-state index in [9.17, 15) is 4.21 Å². The van der Waals surface area contributed by atoms with Gasteiger partial charge in [0.15, 0.2) is 0 Å². The predicted octanol–water partition coefficient (Wildman–Crippen LogP) is 1.48. The summed E-state index contributed by atoms with van der Waals surface area (Å²) in [5, 5.41) is 0. The summed E-state index contributed by atoms with van der Waals surface area (Å²) in [5.41, 5.74) is 0. The third-order valence-corrected chi connectivity index (χ3v) is 2.49. The topological polar surface area (TPSA) is 26.3 Å². The zero-order chi connectivity index (χ0) is 8.27. The van der Waals surface area contributed by atoms with E-state index in [0.717, 1.165) is 5.75 Å². The first-order chi connectivity index (χ1) is 5.24. The molecular weight excluding hydrogens is 180 g/mol. The molecule has 11 heavy (non-hydrogen) atoms. The number of rotatable bonds is 2. The molecule has 0 atom stereocenters. The van der Waals surface area contributed by atoms with E-state index in [-0.39, 0.29) is 0 Å². The van der Waals surface area contributed by atoms with Crippen LogP contribution >= 0.6 is 0 Å². The first-order valence-corrected chi connectivity index (χ1v) is 5.05. The molecule has 0 spiro atoms. The van der Waals surface area contributed by atoms with Gasteiger partial charge in [-0.3, -0.25) is 0 Å². The zero-order valence-corrected chi connectivity index (χ0v) is 7.58. The lowest BCUT2D eigenvalue weighted by atomic mass is 10.3. The van der Waals surface area contributed by atoms with Crippen LogP contribution in [0.1, 0.15) is 0 Å². The van der Waals surface area contributed by atoms with Gasteiger partial charge in [0.1, 0.15) is 5.75 Å². The van der Waals surface area contributed by atoms with Crippen molar-refractivity contribution in [2.45, 2.75) is 4.90 Å². The van der Waals surface area contributed by atoms with Gasteiger partial charge in [0, 0.05) is 0 Å². The lowest BCUT2D eigenvalue weighted by Crippen LogP contribution is -1.82. The number of hydrogen-bond acceptors (Lipinski definition) is 4. The highest BCUT2D eigenvalue weighted by Crippen LogP contribution is 2.11. The second-order valence-corrected chi connectivity index (χ2v) is 3.76. The molecule has 2 nitrogen and oxygen atoms in total. The molecule has 0 fully saturated rings. The fraction of sp³-hybridized carbons (Fsp3) is 0.143. The molecule has 0 N–H and O–H groups in total. The molecule has 0 unspecified atom stereocenters. The molecule has 0 amide bonds. The van der Waals surface area contributed by atoms with E-state index in [1.807, 2.05) is 0 Å². The molecular formula is C7H7O2S2-. The van der Waals surface area contributed by atoms with E-state index in [0.29, 0.717) is 4.90 Å². The summed E-state index contributed by atoms with van der Waals surface area (Å²) in [4.78, 5) is 0.640. The van der Waals surface area contributed by atoms with Crippen molar-refractivity contribution in [1.82, 2.24) is 0 Å². The monoisotopic (exact) mass is 187 g/mol. The average molecular weight is 187 g/mol. The number of benzene rings is 1. The number of methoxy groups -OCH3 is 1. The van der Waals surface area contributed by atoms with Gasteiger partial charge in [-0.2, -0.15) is 9.36 Å². The largest absolute Gasteiger partial charge is 0.497 e. The van der Waals surface area contributed by atoms with Gasteiger partial charge in [-0.05, 0) is 12.1 Å². The van der Waals surface area contributed by atoms with Gasteiger partial charge in [0.2, 0.25) is 0 Å². The van der Waals surface area contributed by atoms with Gasteiger partial charge in [0.05, 0.1) is 7.11 Å². The van der Waals surface area contributed by atoms with E-state index in [2.05, 4.69) is 11.2 Å². The summed E-state index contributed by atoms with van der Waals surface area (Å²) in [6.45, 7) is 0. The molecule has 0 saturated heterocycles.